The maximum absolute atomic E-state index is 11.1. The fourth-order valence-electron chi connectivity index (χ4n) is 3.05. The quantitative estimate of drug-likeness (QED) is 0.490. The van der Waals surface area contributed by atoms with Crippen molar-refractivity contribution in [3.05, 3.63) is 50.8 Å². The molecule has 0 amide bonds. The van der Waals surface area contributed by atoms with Crippen LogP contribution in [0.2, 0.25) is 10.2 Å². The third-order valence-corrected chi connectivity index (χ3v) is 5.45. The fourth-order valence-corrected chi connectivity index (χ4v) is 4.00. The van der Waals surface area contributed by atoms with Gasteiger partial charge in [0.15, 0.2) is 5.16 Å². The summed E-state index contributed by atoms with van der Waals surface area (Å²) in [5.74, 6) is 0. The lowest BCUT2D eigenvalue weighted by Crippen LogP contribution is -2.27. The van der Waals surface area contributed by atoms with E-state index in [9.17, 15) is 10.2 Å². The first-order valence-electron chi connectivity index (χ1n) is 7.19. The summed E-state index contributed by atoms with van der Waals surface area (Å²) in [6.07, 6.45) is 3.40. The van der Waals surface area contributed by atoms with E-state index in [0.29, 0.717) is 34.3 Å². The molecule has 1 atom stereocenters. The SMILES string of the molecule is CSc1nc(Cl)c(CO)c(CC2(O)CCc3c(Cl)cccc32)n1. The second-order valence-corrected chi connectivity index (χ2v) is 7.10. The molecule has 1 aromatic heterocycles. The molecule has 23 heavy (non-hydrogen) atoms. The highest BCUT2D eigenvalue weighted by molar-refractivity contribution is 7.98. The summed E-state index contributed by atoms with van der Waals surface area (Å²) in [5, 5.41) is 22.2. The highest BCUT2D eigenvalue weighted by Crippen LogP contribution is 2.42. The van der Waals surface area contributed by atoms with E-state index in [2.05, 4.69) is 9.97 Å². The normalized spacial score (nSPS) is 19.9. The van der Waals surface area contributed by atoms with Crippen LogP contribution < -0.4 is 0 Å². The molecule has 122 valence electrons. The number of aromatic nitrogens is 2. The lowest BCUT2D eigenvalue weighted by molar-refractivity contribution is 0.0373. The first-order chi connectivity index (χ1) is 11.0. The number of thioether (sulfide) groups is 1. The van der Waals surface area contributed by atoms with Gasteiger partial charge >= 0.3 is 0 Å². The van der Waals surface area contributed by atoms with Gasteiger partial charge in [0, 0.05) is 17.0 Å². The molecule has 0 bridgehead atoms. The number of hydrogen-bond donors (Lipinski definition) is 2. The lowest BCUT2D eigenvalue weighted by Gasteiger charge is -2.25. The molecule has 2 N–H and O–H groups in total. The van der Waals surface area contributed by atoms with Crippen LogP contribution in [0.25, 0.3) is 0 Å². The second kappa shape index (κ2) is 6.57. The molecule has 1 aliphatic rings. The number of benzene rings is 1. The summed E-state index contributed by atoms with van der Waals surface area (Å²) in [5.41, 5.74) is 1.79. The van der Waals surface area contributed by atoms with Crippen LogP contribution in [0, 0.1) is 0 Å². The molecule has 0 spiro atoms. The molecule has 0 radical (unpaired) electrons. The van der Waals surface area contributed by atoms with Crippen molar-refractivity contribution in [2.45, 2.75) is 36.6 Å². The summed E-state index contributed by atoms with van der Waals surface area (Å²) in [7, 11) is 0. The van der Waals surface area contributed by atoms with Gasteiger partial charge < -0.3 is 10.2 Å². The molecule has 0 saturated carbocycles. The molecule has 0 fully saturated rings. The molecule has 4 nitrogen and oxygen atoms in total. The van der Waals surface area contributed by atoms with Crippen LogP contribution in [-0.4, -0.2) is 26.4 Å². The monoisotopic (exact) mass is 370 g/mol. The molecule has 1 unspecified atom stereocenters. The van der Waals surface area contributed by atoms with Gasteiger partial charge in [0.2, 0.25) is 0 Å². The number of aliphatic hydroxyl groups excluding tert-OH is 1. The lowest BCUT2D eigenvalue weighted by atomic mass is 9.89. The Kier molecular flexibility index (Phi) is 4.85. The molecule has 1 aliphatic carbocycles. The number of aliphatic hydroxyl groups is 2. The van der Waals surface area contributed by atoms with E-state index < -0.39 is 5.60 Å². The first kappa shape index (κ1) is 17.0. The van der Waals surface area contributed by atoms with Crippen molar-refractivity contribution in [1.29, 1.82) is 0 Å². The molecular weight excluding hydrogens is 355 g/mol. The third-order valence-electron chi connectivity index (χ3n) is 4.23. The van der Waals surface area contributed by atoms with Crippen molar-refractivity contribution in [3.63, 3.8) is 0 Å². The fraction of sp³-hybridized carbons (Fsp3) is 0.375. The molecule has 0 aliphatic heterocycles. The first-order valence-corrected chi connectivity index (χ1v) is 9.17. The van der Waals surface area contributed by atoms with Crippen LogP contribution >= 0.6 is 35.0 Å². The number of rotatable bonds is 4. The average Bonchev–Trinajstić information content (AvgIpc) is 2.85. The van der Waals surface area contributed by atoms with Gasteiger partial charge in [0.05, 0.1) is 17.9 Å². The van der Waals surface area contributed by atoms with Gasteiger partial charge in [0.25, 0.3) is 0 Å². The van der Waals surface area contributed by atoms with Gasteiger partial charge in [-0.2, -0.15) is 0 Å². The summed E-state index contributed by atoms with van der Waals surface area (Å²) in [6.45, 7) is -0.263. The Labute approximate surface area is 148 Å². The Morgan fingerprint density at radius 1 is 1.30 bits per heavy atom. The molecule has 1 aromatic carbocycles. The van der Waals surface area contributed by atoms with Crippen LogP contribution in [0.1, 0.15) is 28.8 Å². The van der Waals surface area contributed by atoms with E-state index in [1.807, 2.05) is 24.5 Å². The number of hydrogen-bond acceptors (Lipinski definition) is 5. The molecule has 0 saturated heterocycles. The van der Waals surface area contributed by atoms with Crippen molar-refractivity contribution in [1.82, 2.24) is 9.97 Å². The Bertz CT molecular complexity index is 757. The van der Waals surface area contributed by atoms with E-state index in [1.54, 1.807) is 0 Å². The molecule has 3 rings (SSSR count). The van der Waals surface area contributed by atoms with Gasteiger partial charge in [-0.05, 0) is 36.3 Å². The Morgan fingerprint density at radius 2 is 2.09 bits per heavy atom. The minimum absolute atomic E-state index is 0.231. The molecule has 2 aromatic rings. The van der Waals surface area contributed by atoms with E-state index in [0.717, 1.165) is 11.1 Å². The highest BCUT2D eigenvalue weighted by Gasteiger charge is 2.39. The highest BCUT2D eigenvalue weighted by atomic mass is 35.5. The molecule has 1 heterocycles. The van der Waals surface area contributed by atoms with Crippen LogP contribution in [-0.2, 0) is 25.0 Å². The van der Waals surface area contributed by atoms with Crippen LogP contribution in [0.5, 0.6) is 0 Å². The van der Waals surface area contributed by atoms with Crippen LogP contribution in [0.15, 0.2) is 23.4 Å². The zero-order chi connectivity index (χ0) is 16.6. The Balaban J connectivity index is 2.04. The predicted molar refractivity (Wildman–Crippen MR) is 92.1 cm³/mol. The molecular formula is C16H16Cl2N2O2S. The summed E-state index contributed by atoms with van der Waals surface area (Å²) in [6, 6.07) is 5.56. The largest absolute Gasteiger partial charge is 0.391 e. The van der Waals surface area contributed by atoms with Crippen molar-refractivity contribution in [2.75, 3.05) is 6.26 Å². The summed E-state index contributed by atoms with van der Waals surface area (Å²) >= 11 is 13.7. The zero-order valence-corrected chi connectivity index (χ0v) is 14.8. The summed E-state index contributed by atoms with van der Waals surface area (Å²) in [4.78, 5) is 8.57. The van der Waals surface area contributed by atoms with E-state index >= 15 is 0 Å². The number of nitrogens with zero attached hydrogens (tertiary/aromatic N) is 2. The van der Waals surface area contributed by atoms with Crippen molar-refractivity contribution in [2.24, 2.45) is 0 Å². The predicted octanol–water partition coefficient (Wildman–Crippen LogP) is 3.37. The standard InChI is InChI=1S/C16H16Cl2N2O2S/c1-23-15-19-13(10(8-21)14(18)20-15)7-16(22)6-5-9-11(16)3-2-4-12(9)17/h2-4,21-22H,5-8H2,1H3. The number of fused-ring (bicyclic) bond motifs is 1. The summed E-state index contributed by atoms with van der Waals surface area (Å²) < 4.78 is 0. The van der Waals surface area contributed by atoms with Crippen molar-refractivity contribution < 1.29 is 10.2 Å². The maximum Gasteiger partial charge on any atom is 0.188 e. The maximum atomic E-state index is 11.1. The van der Waals surface area contributed by atoms with Gasteiger partial charge in [0.1, 0.15) is 5.15 Å². The minimum Gasteiger partial charge on any atom is -0.391 e. The van der Waals surface area contributed by atoms with Crippen LogP contribution in [0.4, 0.5) is 0 Å². The smallest absolute Gasteiger partial charge is 0.188 e. The minimum atomic E-state index is -1.06. The van der Waals surface area contributed by atoms with E-state index in [1.165, 1.54) is 11.8 Å². The second-order valence-electron chi connectivity index (χ2n) is 5.56. The van der Waals surface area contributed by atoms with E-state index in [-0.39, 0.29) is 18.2 Å². The third kappa shape index (κ3) is 3.08. The number of halogens is 2. The topological polar surface area (TPSA) is 66.2 Å². The van der Waals surface area contributed by atoms with Gasteiger partial charge in [-0.3, -0.25) is 0 Å². The zero-order valence-electron chi connectivity index (χ0n) is 12.5. The average molecular weight is 371 g/mol. The van der Waals surface area contributed by atoms with Crippen LogP contribution in [0.3, 0.4) is 0 Å². The molecule has 7 heteroatoms. The Hall–Kier alpha value is -0.850. The van der Waals surface area contributed by atoms with Crippen molar-refractivity contribution in [3.8, 4) is 0 Å². The van der Waals surface area contributed by atoms with Gasteiger partial charge in [-0.25, -0.2) is 9.97 Å². The van der Waals surface area contributed by atoms with Crippen molar-refractivity contribution >= 4 is 35.0 Å². The van der Waals surface area contributed by atoms with E-state index in [4.69, 9.17) is 23.2 Å². The van der Waals surface area contributed by atoms with Gasteiger partial charge in [-0.1, -0.05) is 47.1 Å². The Morgan fingerprint density at radius 3 is 2.78 bits per heavy atom. The van der Waals surface area contributed by atoms with Gasteiger partial charge in [-0.15, -0.1) is 0 Å².